The minimum atomic E-state index is -0.728. The molecule has 1 heterocycles. The smallest absolute Gasteiger partial charge is 0.360 e. The van der Waals surface area contributed by atoms with Crippen molar-refractivity contribution in [3.05, 3.63) is 80.3 Å². The lowest BCUT2D eigenvalue weighted by molar-refractivity contribution is -0.385. The molecule has 0 saturated heterocycles. The molecule has 0 fully saturated rings. The van der Waals surface area contributed by atoms with E-state index in [0.29, 0.717) is 22.9 Å². The molecule has 0 amide bonds. The number of ether oxygens (including phenoxy) is 1. The Morgan fingerprint density at radius 1 is 1.14 bits per heavy atom. The van der Waals surface area contributed by atoms with Crippen molar-refractivity contribution < 1.29 is 14.5 Å². The van der Waals surface area contributed by atoms with Crippen molar-refractivity contribution in [3.8, 4) is 0 Å². The van der Waals surface area contributed by atoms with Crippen LogP contribution < -0.4 is 5.56 Å². The molecular formula is C21H21N3O5. The zero-order valence-electron chi connectivity index (χ0n) is 16.4. The number of non-ortho nitro benzene ring substituents is 1. The third-order valence-corrected chi connectivity index (χ3v) is 4.43. The van der Waals surface area contributed by atoms with Gasteiger partial charge < -0.3 is 4.74 Å². The van der Waals surface area contributed by atoms with E-state index in [2.05, 4.69) is 5.10 Å². The maximum atomic E-state index is 12.9. The molecule has 2 aromatic carbocycles. The number of hydrogen-bond acceptors (Lipinski definition) is 6. The van der Waals surface area contributed by atoms with Crippen LogP contribution >= 0.6 is 0 Å². The molecule has 0 aliphatic carbocycles. The average Bonchev–Trinajstić information content (AvgIpc) is 2.69. The molecule has 8 heteroatoms. The highest BCUT2D eigenvalue weighted by Crippen LogP contribution is 2.24. The van der Waals surface area contributed by atoms with Gasteiger partial charge in [0.05, 0.1) is 10.3 Å². The fraction of sp³-hybridized carbons (Fsp3) is 0.286. The van der Waals surface area contributed by atoms with Gasteiger partial charge in [0, 0.05) is 24.1 Å². The van der Waals surface area contributed by atoms with Gasteiger partial charge in [-0.15, -0.1) is 0 Å². The second kappa shape index (κ2) is 8.22. The number of hydrogen-bond donors (Lipinski definition) is 0. The lowest BCUT2D eigenvalue weighted by Crippen LogP contribution is -2.28. The summed E-state index contributed by atoms with van der Waals surface area (Å²) in [5, 5.41) is 16.0. The number of rotatable bonds is 6. The maximum absolute atomic E-state index is 12.9. The highest BCUT2D eigenvalue weighted by Gasteiger charge is 2.21. The normalized spacial score (nSPS) is 12.1. The summed E-state index contributed by atoms with van der Waals surface area (Å²) in [5.74, 6) is -0.535. The molecule has 0 bridgehead atoms. The van der Waals surface area contributed by atoms with Gasteiger partial charge in [0.2, 0.25) is 0 Å². The van der Waals surface area contributed by atoms with Crippen LogP contribution in [0.1, 0.15) is 42.9 Å². The number of aromatic nitrogens is 2. The lowest BCUT2D eigenvalue weighted by atomic mass is 10.1. The first-order valence-corrected chi connectivity index (χ1v) is 9.23. The van der Waals surface area contributed by atoms with E-state index in [1.54, 1.807) is 37.3 Å². The second-order valence-corrected chi connectivity index (χ2v) is 7.17. The molecule has 0 aliphatic rings. The summed E-state index contributed by atoms with van der Waals surface area (Å²) in [4.78, 5) is 36.0. The van der Waals surface area contributed by atoms with E-state index in [4.69, 9.17) is 4.74 Å². The first-order valence-electron chi connectivity index (χ1n) is 9.23. The molecule has 0 N–H and O–H groups in total. The van der Waals surface area contributed by atoms with Crippen LogP contribution in [-0.4, -0.2) is 20.7 Å². The van der Waals surface area contributed by atoms with E-state index in [1.807, 2.05) is 13.8 Å². The quantitative estimate of drug-likeness (QED) is 0.356. The number of carbonyl (C=O) groups is 1. The van der Waals surface area contributed by atoms with Gasteiger partial charge in [-0.1, -0.05) is 44.2 Å². The first kappa shape index (κ1) is 20.2. The first-order chi connectivity index (χ1) is 13.8. The Kier molecular flexibility index (Phi) is 5.72. The van der Waals surface area contributed by atoms with Crippen molar-refractivity contribution in [2.75, 3.05) is 0 Å². The minimum absolute atomic E-state index is 0.0399. The summed E-state index contributed by atoms with van der Waals surface area (Å²) in [6.07, 6.45) is -0.728. The van der Waals surface area contributed by atoms with Crippen molar-refractivity contribution in [1.29, 1.82) is 0 Å². The molecule has 0 unspecified atom stereocenters. The Labute approximate surface area is 166 Å². The summed E-state index contributed by atoms with van der Waals surface area (Å²) < 4.78 is 6.81. The van der Waals surface area contributed by atoms with Crippen LogP contribution in [0.15, 0.2) is 53.3 Å². The van der Waals surface area contributed by atoms with Gasteiger partial charge in [-0.3, -0.25) is 14.9 Å². The Morgan fingerprint density at radius 2 is 1.83 bits per heavy atom. The van der Waals surface area contributed by atoms with Crippen LogP contribution in [-0.2, 0) is 11.3 Å². The number of esters is 1. The SMILES string of the molecule is CC(C)Cn1nc(C(=O)O[C@@H](C)c2cccc([N+](=O)[O-])c2)c2ccccc2c1=O. The number of nitro benzene ring substituents is 1. The molecule has 0 spiro atoms. The van der Waals surface area contributed by atoms with Crippen LogP contribution in [0.2, 0.25) is 0 Å². The monoisotopic (exact) mass is 395 g/mol. The van der Waals surface area contributed by atoms with E-state index in [9.17, 15) is 19.7 Å². The molecule has 150 valence electrons. The van der Waals surface area contributed by atoms with Crippen molar-refractivity contribution in [1.82, 2.24) is 9.78 Å². The molecule has 3 aromatic rings. The fourth-order valence-corrected chi connectivity index (χ4v) is 3.03. The Bertz CT molecular complexity index is 1140. The Hall–Kier alpha value is -3.55. The lowest BCUT2D eigenvalue weighted by Gasteiger charge is -2.15. The average molecular weight is 395 g/mol. The van der Waals surface area contributed by atoms with Crippen molar-refractivity contribution >= 4 is 22.4 Å². The maximum Gasteiger partial charge on any atom is 0.360 e. The van der Waals surface area contributed by atoms with Gasteiger partial charge in [0.1, 0.15) is 6.10 Å². The summed E-state index contributed by atoms with van der Waals surface area (Å²) in [7, 11) is 0. The Morgan fingerprint density at radius 3 is 2.48 bits per heavy atom. The topological polar surface area (TPSA) is 104 Å². The van der Waals surface area contributed by atoms with Crippen molar-refractivity contribution in [2.45, 2.75) is 33.4 Å². The molecule has 1 aromatic heterocycles. The van der Waals surface area contributed by atoms with Crippen LogP contribution in [0.5, 0.6) is 0 Å². The third kappa shape index (κ3) is 4.31. The summed E-state index contributed by atoms with van der Waals surface area (Å²) in [5.41, 5.74) is 0.183. The van der Waals surface area contributed by atoms with Crippen molar-refractivity contribution in [2.24, 2.45) is 5.92 Å². The summed E-state index contributed by atoms with van der Waals surface area (Å²) in [6, 6.07) is 12.7. The van der Waals surface area contributed by atoms with Crippen LogP contribution in [0, 0.1) is 16.0 Å². The zero-order valence-corrected chi connectivity index (χ0v) is 16.4. The number of nitro groups is 1. The number of carbonyl (C=O) groups excluding carboxylic acids is 1. The molecule has 29 heavy (non-hydrogen) atoms. The van der Waals surface area contributed by atoms with Crippen molar-refractivity contribution in [3.63, 3.8) is 0 Å². The van der Waals surface area contributed by atoms with Crippen LogP contribution in [0.3, 0.4) is 0 Å². The molecule has 1 atom stereocenters. The third-order valence-electron chi connectivity index (χ3n) is 4.43. The van der Waals surface area contributed by atoms with Gasteiger partial charge in [-0.25, -0.2) is 9.48 Å². The molecule has 3 rings (SSSR count). The summed E-state index contributed by atoms with van der Waals surface area (Å²) >= 11 is 0. The molecular weight excluding hydrogens is 374 g/mol. The highest BCUT2D eigenvalue weighted by atomic mass is 16.6. The van der Waals surface area contributed by atoms with Gasteiger partial charge in [-0.05, 0) is 24.5 Å². The van der Waals surface area contributed by atoms with Gasteiger partial charge in [0.25, 0.3) is 11.2 Å². The molecule has 0 saturated carbocycles. The largest absolute Gasteiger partial charge is 0.453 e. The summed E-state index contributed by atoms with van der Waals surface area (Å²) in [6.45, 7) is 5.89. The standard InChI is InChI=1S/C21H21N3O5/c1-13(2)12-23-20(25)18-10-5-4-9-17(18)19(22-23)21(26)29-14(3)15-7-6-8-16(11-15)24(27)28/h4-11,13-14H,12H2,1-3H3/t14-/m0/s1. The number of benzene rings is 2. The van der Waals surface area contributed by atoms with E-state index in [1.165, 1.54) is 22.9 Å². The van der Waals surface area contributed by atoms with E-state index in [-0.39, 0.29) is 22.9 Å². The van der Waals surface area contributed by atoms with E-state index >= 15 is 0 Å². The van der Waals surface area contributed by atoms with E-state index < -0.39 is 17.0 Å². The fourth-order valence-electron chi connectivity index (χ4n) is 3.03. The molecule has 0 aliphatic heterocycles. The second-order valence-electron chi connectivity index (χ2n) is 7.17. The molecule has 8 nitrogen and oxygen atoms in total. The minimum Gasteiger partial charge on any atom is -0.453 e. The highest BCUT2D eigenvalue weighted by molar-refractivity contribution is 6.02. The Balaban J connectivity index is 1.98. The van der Waals surface area contributed by atoms with Crippen LogP contribution in [0.4, 0.5) is 5.69 Å². The zero-order chi connectivity index (χ0) is 21.1. The van der Waals surface area contributed by atoms with Gasteiger partial charge >= 0.3 is 5.97 Å². The predicted molar refractivity (Wildman–Crippen MR) is 108 cm³/mol. The molecule has 0 radical (unpaired) electrons. The number of fused-ring (bicyclic) bond motifs is 1. The van der Waals surface area contributed by atoms with Gasteiger partial charge in [-0.2, -0.15) is 5.10 Å². The van der Waals surface area contributed by atoms with Crippen LogP contribution in [0.25, 0.3) is 10.8 Å². The van der Waals surface area contributed by atoms with Gasteiger partial charge in [0.15, 0.2) is 5.69 Å². The van der Waals surface area contributed by atoms with E-state index in [0.717, 1.165) is 0 Å². The number of nitrogens with zero attached hydrogens (tertiary/aromatic N) is 3. The predicted octanol–water partition coefficient (Wildman–Crippen LogP) is 3.88.